The van der Waals surface area contributed by atoms with Crippen molar-refractivity contribution in [2.24, 2.45) is 0 Å². The first-order chi connectivity index (χ1) is 36.5. The minimum absolute atomic E-state index is 0.0235. The van der Waals surface area contributed by atoms with E-state index in [4.69, 9.17) is 56.8 Å². The Labute approximate surface area is 455 Å². The lowest BCUT2D eigenvalue weighted by atomic mass is 9.94. The van der Waals surface area contributed by atoms with E-state index < -0.39 is 72.0 Å². The molecular weight excluding hydrogens is 1020 g/mol. The van der Waals surface area contributed by atoms with E-state index in [-0.39, 0.29) is 39.5 Å². The van der Waals surface area contributed by atoms with Gasteiger partial charge in [-0.1, -0.05) is 0 Å². The normalized spacial score (nSPS) is 13.1. The number of methoxy groups -OCH3 is 3. The number of hydrogen-bond acceptors (Lipinski definition) is 18. The zero-order valence-electron chi connectivity index (χ0n) is 47.4. The fourth-order valence-corrected chi connectivity index (χ4v) is 7.41. The predicted octanol–water partition coefficient (Wildman–Crippen LogP) is 7.73. The van der Waals surface area contributed by atoms with Gasteiger partial charge >= 0.3 is 36.6 Å². The van der Waals surface area contributed by atoms with Gasteiger partial charge in [-0.15, -0.1) is 0 Å². The maximum Gasteiger partial charge on any atom is 0.410 e. The second-order valence-corrected chi connectivity index (χ2v) is 20.8. The molecule has 24 heteroatoms. The van der Waals surface area contributed by atoms with E-state index in [2.05, 4.69) is 31.9 Å². The molecule has 1 aliphatic carbocycles. The minimum atomic E-state index is -0.977. The molecule has 4 rings (SSSR count). The second kappa shape index (κ2) is 28.5. The Bertz CT molecular complexity index is 2280. The molecule has 6 N–H and O–H groups in total. The average Bonchev–Trinajstić information content (AvgIpc) is 3.35. The summed E-state index contributed by atoms with van der Waals surface area (Å²) < 4.78 is 67.6. The monoisotopic (exact) mass is 1100 g/mol. The number of benzene rings is 3. The summed E-state index contributed by atoms with van der Waals surface area (Å²) in [5.74, 6) is 2.50. The Balaban J connectivity index is 1.58. The first-order valence-corrected chi connectivity index (χ1v) is 25.3. The number of hydrogen-bond donors (Lipinski definition) is 6. The molecule has 0 fully saturated rings. The molecule has 0 spiro atoms. The molecule has 3 atom stereocenters. The van der Waals surface area contributed by atoms with Crippen molar-refractivity contribution in [3.05, 3.63) is 69.8 Å². The Hall–Kier alpha value is -7.92. The van der Waals surface area contributed by atoms with Crippen molar-refractivity contribution in [3.8, 4) is 34.5 Å². The SMILES string of the molecule is COc1cc2c(cc1OCCNC(=O)O[C@@H](C)NC(=O)OC(C)(C)C)Cc1cc(OC)c(OCCNC(=O)O[C@@H](C)NC(=O)OC(C)(C)C)cc1Cc1cc(OC)c(OCCNC(=O)O[C@@H](C)NC(=O)OC(C)(C)C)cc1C2. The van der Waals surface area contributed by atoms with Crippen LogP contribution in [-0.4, -0.2) is 133 Å². The largest absolute Gasteiger partial charge is 0.493 e. The molecule has 78 heavy (non-hydrogen) atoms. The molecule has 432 valence electrons. The Morgan fingerprint density at radius 2 is 0.603 bits per heavy atom. The van der Waals surface area contributed by atoms with Crippen LogP contribution in [0, 0.1) is 0 Å². The van der Waals surface area contributed by atoms with Gasteiger partial charge in [0.15, 0.2) is 53.2 Å². The molecule has 24 nitrogen and oxygen atoms in total. The van der Waals surface area contributed by atoms with Crippen molar-refractivity contribution in [1.29, 1.82) is 0 Å². The molecule has 3 aromatic carbocycles. The Morgan fingerprint density at radius 3 is 0.808 bits per heavy atom. The smallest absolute Gasteiger partial charge is 0.410 e. The minimum Gasteiger partial charge on any atom is -0.493 e. The van der Waals surface area contributed by atoms with E-state index in [1.807, 2.05) is 36.4 Å². The van der Waals surface area contributed by atoms with E-state index in [1.54, 1.807) is 62.3 Å². The summed E-state index contributed by atoms with van der Waals surface area (Å²) in [5, 5.41) is 15.2. The molecule has 6 amide bonds. The highest BCUT2D eigenvalue weighted by Gasteiger charge is 2.25. The number of nitrogens with one attached hydrogen (secondary N) is 6. The van der Waals surface area contributed by atoms with Crippen molar-refractivity contribution in [2.45, 2.75) is 138 Å². The van der Waals surface area contributed by atoms with Gasteiger partial charge in [0.1, 0.15) is 36.6 Å². The van der Waals surface area contributed by atoms with Crippen LogP contribution in [0.25, 0.3) is 0 Å². The van der Waals surface area contributed by atoms with E-state index in [0.717, 1.165) is 33.4 Å². The van der Waals surface area contributed by atoms with Crippen LogP contribution in [-0.2, 0) is 47.7 Å². The summed E-state index contributed by atoms with van der Waals surface area (Å²) in [6, 6.07) is 11.3. The van der Waals surface area contributed by atoms with Crippen molar-refractivity contribution in [3.63, 3.8) is 0 Å². The highest BCUT2D eigenvalue weighted by molar-refractivity contribution is 5.72. The second-order valence-electron chi connectivity index (χ2n) is 20.8. The molecule has 0 aliphatic heterocycles. The standard InChI is InChI=1S/C54H78N6O18/c1-31(58-49(64)76-52(4,5)6)73-46(61)55-16-19-70-43-28-37-22-35-26-41(68-14)45(72-21-18-57-48(63)75-33(3)60-51(66)78-54(10,11)12)30-39(35)24-36-27-42(69-15)44(29-38(36)23-34(37)25-40(43)67-13)71-20-17-56-47(62)74-32(2)59-50(65)77-53(7,8)9/h25-33H,16-24H2,1-15H3,(H,55,61)(H,56,62)(H,57,63)(H,58,64)(H,59,65)(H,60,66)/t31-,32-,33-/m0/s1. The Kier molecular flexibility index (Phi) is 22.8. The van der Waals surface area contributed by atoms with Gasteiger partial charge in [-0.25, -0.2) is 28.8 Å². The summed E-state index contributed by atoms with van der Waals surface area (Å²) in [6.45, 7) is 20.1. The summed E-state index contributed by atoms with van der Waals surface area (Å²) >= 11 is 0. The topological polar surface area (TPSA) is 285 Å². The van der Waals surface area contributed by atoms with E-state index >= 15 is 0 Å². The summed E-state index contributed by atoms with van der Waals surface area (Å²) in [4.78, 5) is 74.1. The van der Waals surface area contributed by atoms with Gasteiger partial charge in [0.2, 0.25) is 0 Å². The van der Waals surface area contributed by atoms with Crippen LogP contribution in [0.3, 0.4) is 0 Å². The lowest BCUT2D eigenvalue weighted by Crippen LogP contribution is -2.42. The van der Waals surface area contributed by atoms with Gasteiger partial charge in [0, 0.05) is 0 Å². The lowest BCUT2D eigenvalue weighted by Gasteiger charge is -2.22. The molecule has 0 aromatic heterocycles. The van der Waals surface area contributed by atoms with Crippen molar-refractivity contribution in [2.75, 3.05) is 60.8 Å². The third-order valence-electron chi connectivity index (χ3n) is 10.5. The summed E-state index contributed by atoms with van der Waals surface area (Å²) in [5.41, 5.74) is 3.10. The number of carbonyl (C=O) groups excluding carboxylic acids is 6. The van der Waals surface area contributed by atoms with Crippen molar-refractivity contribution in [1.82, 2.24) is 31.9 Å². The van der Waals surface area contributed by atoms with Crippen molar-refractivity contribution < 1.29 is 85.6 Å². The molecule has 0 saturated carbocycles. The maximum absolute atomic E-state index is 12.6. The van der Waals surface area contributed by atoms with Crippen LogP contribution in [0.2, 0.25) is 0 Å². The van der Waals surface area contributed by atoms with Gasteiger partial charge in [-0.2, -0.15) is 0 Å². The zero-order chi connectivity index (χ0) is 58.0. The Morgan fingerprint density at radius 1 is 0.385 bits per heavy atom. The van der Waals surface area contributed by atoms with Gasteiger partial charge in [-0.05, 0) is 172 Å². The highest BCUT2D eigenvalue weighted by atomic mass is 16.6. The van der Waals surface area contributed by atoms with Crippen LogP contribution < -0.4 is 60.3 Å². The highest BCUT2D eigenvalue weighted by Crippen LogP contribution is 2.41. The third kappa shape index (κ3) is 22.0. The first kappa shape index (κ1) is 62.6. The quantitative estimate of drug-likeness (QED) is 0.0264. The number of alkyl carbamates (subject to hydrolysis) is 6. The fraction of sp³-hybridized carbons (Fsp3) is 0.556. The third-order valence-corrected chi connectivity index (χ3v) is 10.5. The van der Waals surface area contributed by atoms with Crippen LogP contribution >= 0.6 is 0 Å². The first-order valence-electron chi connectivity index (χ1n) is 25.3. The van der Waals surface area contributed by atoms with Crippen LogP contribution in [0.4, 0.5) is 28.8 Å². The molecule has 1 aliphatic rings. The molecule has 0 unspecified atom stereocenters. The molecule has 0 saturated heterocycles. The fourth-order valence-electron chi connectivity index (χ4n) is 7.41. The zero-order valence-corrected chi connectivity index (χ0v) is 47.4. The maximum atomic E-state index is 12.6. The van der Waals surface area contributed by atoms with Crippen LogP contribution in [0.5, 0.6) is 34.5 Å². The number of fused-ring (bicyclic) bond motifs is 3. The molecular formula is C54H78N6O18. The number of carbonyl (C=O) groups is 6. The summed E-state index contributed by atoms with van der Waals surface area (Å²) in [7, 11) is 4.57. The van der Waals surface area contributed by atoms with E-state index in [0.29, 0.717) is 53.8 Å². The predicted molar refractivity (Wildman–Crippen MR) is 284 cm³/mol. The van der Waals surface area contributed by atoms with Gasteiger partial charge in [0.05, 0.1) is 41.0 Å². The number of amides is 6. The number of ether oxygens (including phenoxy) is 12. The average molecular weight is 1100 g/mol. The van der Waals surface area contributed by atoms with Gasteiger partial charge in [0.25, 0.3) is 0 Å². The number of rotatable bonds is 21. The van der Waals surface area contributed by atoms with Gasteiger partial charge in [-0.3, -0.25) is 16.0 Å². The molecule has 0 radical (unpaired) electrons. The molecule has 3 aromatic rings. The van der Waals surface area contributed by atoms with E-state index in [1.165, 1.54) is 42.1 Å². The lowest BCUT2D eigenvalue weighted by molar-refractivity contribution is 0.0312. The molecule has 0 heterocycles. The van der Waals surface area contributed by atoms with Crippen LogP contribution in [0.15, 0.2) is 36.4 Å². The summed E-state index contributed by atoms with van der Waals surface area (Å²) in [6.07, 6.45) is -6.28. The van der Waals surface area contributed by atoms with Crippen molar-refractivity contribution >= 4 is 36.6 Å². The van der Waals surface area contributed by atoms with Crippen LogP contribution in [0.1, 0.15) is 116 Å². The molecule has 0 bridgehead atoms. The van der Waals surface area contributed by atoms with Gasteiger partial charge < -0.3 is 72.8 Å². The van der Waals surface area contributed by atoms with E-state index in [9.17, 15) is 28.8 Å².